The molecule has 4 nitrogen and oxygen atoms in total. The Kier molecular flexibility index (Phi) is 5.07. The largest absolute Gasteiger partial charge is 0.472 e. The number of nitrogens with zero attached hydrogens (tertiary/aromatic N) is 2. The first kappa shape index (κ1) is 16.8. The molecule has 0 saturated heterocycles. The third-order valence-corrected chi connectivity index (χ3v) is 4.12. The predicted octanol–water partition coefficient (Wildman–Crippen LogP) is 5.47. The number of para-hydroxylation sites is 1. The Labute approximate surface area is 158 Å². The van der Waals surface area contributed by atoms with Gasteiger partial charge < -0.3 is 10.1 Å². The maximum Gasteiger partial charge on any atom is 0.221 e. The van der Waals surface area contributed by atoms with E-state index in [1.807, 2.05) is 72.8 Å². The monoisotopic (exact) mass is 353 g/mol. The topological polar surface area (TPSA) is 47.0 Å². The van der Waals surface area contributed by atoms with Crippen LogP contribution >= 0.6 is 0 Å². The standard InChI is InChI=1S/C23H19N3O/c1-3-7-18(8-4-1)17-27-23-22(19-11-13-24-14-12-19)15-21(16-25-23)26-20-9-5-2-6-10-20/h1-16,26H,17H2. The molecule has 2 heterocycles. The van der Waals surface area contributed by atoms with E-state index in [4.69, 9.17) is 4.74 Å². The van der Waals surface area contributed by atoms with Crippen LogP contribution in [0, 0.1) is 0 Å². The van der Waals surface area contributed by atoms with Gasteiger partial charge in [0, 0.05) is 23.6 Å². The van der Waals surface area contributed by atoms with Gasteiger partial charge in [-0.1, -0.05) is 48.5 Å². The van der Waals surface area contributed by atoms with E-state index in [0.717, 1.165) is 28.1 Å². The lowest BCUT2D eigenvalue weighted by Gasteiger charge is -2.13. The molecule has 0 radical (unpaired) electrons. The van der Waals surface area contributed by atoms with E-state index in [1.165, 1.54) is 0 Å². The number of anilines is 2. The van der Waals surface area contributed by atoms with Gasteiger partial charge in [0.05, 0.1) is 11.9 Å². The van der Waals surface area contributed by atoms with Crippen LogP contribution in [0.5, 0.6) is 5.88 Å². The lowest BCUT2D eigenvalue weighted by atomic mass is 10.1. The lowest BCUT2D eigenvalue weighted by molar-refractivity contribution is 0.295. The molecule has 0 unspecified atom stereocenters. The second kappa shape index (κ2) is 8.15. The van der Waals surface area contributed by atoms with Crippen molar-refractivity contribution < 1.29 is 4.74 Å². The molecule has 27 heavy (non-hydrogen) atoms. The van der Waals surface area contributed by atoms with Crippen molar-refractivity contribution >= 4 is 11.4 Å². The number of rotatable bonds is 6. The van der Waals surface area contributed by atoms with Gasteiger partial charge in [0.1, 0.15) is 6.61 Å². The number of aromatic nitrogens is 2. The summed E-state index contributed by atoms with van der Waals surface area (Å²) in [5.41, 5.74) is 4.95. The van der Waals surface area contributed by atoms with Crippen molar-refractivity contribution in [1.29, 1.82) is 0 Å². The molecule has 4 rings (SSSR count). The van der Waals surface area contributed by atoms with Crippen molar-refractivity contribution in [2.24, 2.45) is 0 Å². The normalized spacial score (nSPS) is 10.4. The van der Waals surface area contributed by atoms with Crippen LogP contribution in [-0.2, 0) is 6.61 Å². The van der Waals surface area contributed by atoms with Crippen molar-refractivity contribution in [3.63, 3.8) is 0 Å². The van der Waals surface area contributed by atoms with Crippen LogP contribution in [0.15, 0.2) is 97.5 Å². The van der Waals surface area contributed by atoms with Crippen LogP contribution in [0.25, 0.3) is 11.1 Å². The highest BCUT2D eigenvalue weighted by molar-refractivity contribution is 5.73. The number of nitrogens with one attached hydrogen (secondary N) is 1. The molecule has 2 aromatic heterocycles. The van der Waals surface area contributed by atoms with Crippen LogP contribution in [0.2, 0.25) is 0 Å². The first-order valence-corrected chi connectivity index (χ1v) is 8.78. The minimum absolute atomic E-state index is 0.470. The Morgan fingerprint density at radius 3 is 2.22 bits per heavy atom. The number of pyridine rings is 2. The molecule has 0 saturated carbocycles. The second-order valence-corrected chi connectivity index (χ2v) is 6.08. The molecule has 0 atom stereocenters. The third-order valence-electron chi connectivity index (χ3n) is 4.12. The minimum atomic E-state index is 0.470. The Morgan fingerprint density at radius 1 is 0.778 bits per heavy atom. The van der Waals surface area contributed by atoms with Gasteiger partial charge in [-0.15, -0.1) is 0 Å². The average Bonchev–Trinajstić information content (AvgIpc) is 2.75. The molecule has 0 spiro atoms. The van der Waals surface area contributed by atoms with E-state index in [0.29, 0.717) is 12.5 Å². The first-order valence-electron chi connectivity index (χ1n) is 8.78. The smallest absolute Gasteiger partial charge is 0.221 e. The molecule has 132 valence electrons. The summed E-state index contributed by atoms with van der Waals surface area (Å²) in [6, 6.07) is 26.1. The Bertz CT molecular complexity index is 990. The highest BCUT2D eigenvalue weighted by atomic mass is 16.5. The van der Waals surface area contributed by atoms with Crippen LogP contribution in [0.4, 0.5) is 11.4 Å². The van der Waals surface area contributed by atoms with E-state index < -0.39 is 0 Å². The van der Waals surface area contributed by atoms with Crippen molar-refractivity contribution in [1.82, 2.24) is 9.97 Å². The molecule has 2 aromatic carbocycles. The van der Waals surface area contributed by atoms with E-state index >= 15 is 0 Å². The number of benzene rings is 2. The predicted molar refractivity (Wildman–Crippen MR) is 108 cm³/mol. The molecular weight excluding hydrogens is 334 g/mol. The fourth-order valence-electron chi connectivity index (χ4n) is 2.79. The highest BCUT2D eigenvalue weighted by Gasteiger charge is 2.10. The summed E-state index contributed by atoms with van der Waals surface area (Å²) in [5, 5.41) is 3.38. The molecule has 0 bridgehead atoms. The van der Waals surface area contributed by atoms with Gasteiger partial charge in [0.25, 0.3) is 0 Å². The zero-order valence-corrected chi connectivity index (χ0v) is 14.7. The van der Waals surface area contributed by atoms with Gasteiger partial charge in [-0.05, 0) is 41.5 Å². The molecule has 0 aliphatic heterocycles. The van der Waals surface area contributed by atoms with E-state index in [2.05, 4.69) is 21.4 Å². The number of hydrogen-bond donors (Lipinski definition) is 1. The van der Waals surface area contributed by atoms with Crippen molar-refractivity contribution in [2.75, 3.05) is 5.32 Å². The summed E-state index contributed by atoms with van der Waals surface area (Å²) in [6.45, 7) is 0.470. The van der Waals surface area contributed by atoms with E-state index in [1.54, 1.807) is 18.6 Å². The van der Waals surface area contributed by atoms with E-state index in [-0.39, 0.29) is 0 Å². The molecular formula is C23H19N3O. The summed E-state index contributed by atoms with van der Waals surface area (Å²) in [6.07, 6.45) is 5.33. The van der Waals surface area contributed by atoms with Crippen LogP contribution < -0.4 is 10.1 Å². The molecule has 0 fully saturated rings. The molecule has 1 N–H and O–H groups in total. The van der Waals surface area contributed by atoms with Gasteiger partial charge in [-0.25, -0.2) is 4.98 Å². The highest BCUT2D eigenvalue weighted by Crippen LogP contribution is 2.31. The van der Waals surface area contributed by atoms with Gasteiger partial charge in [0.2, 0.25) is 5.88 Å². The summed E-state index contributed by atoms with van der Waals surface area (Å²) >= 11 is 0. The number of ether oxygens (including phenoxy) is 1. The fourth-order valence-corrected chi connectivity index (χ4v) is 2.79. The zero-order chi connectivity index (χ0) is 18.3. The summed E-state index contributed by atoms with van der Waals surface area (Å²) < 4.78 is 6.02. The Balaban J connectivity index is 1.63. The zero-order valence-electron chi connectivity index (χ0n) is 14.7. The van der Waals surface area contributed by atoms with Crippen LogP contribution in [0.3, 0.4) is 0 Å². The van der Waals surface area contributed by atoms with E-state index in [9.17, 15) is 0 Å². The van der Waals surface area contributed by atoms with Crippen LogP contribution in [0.1, 0.15) is 5.56 Å². The average molecular weight is 353 g/mol. The quantitative estimate of drug-likeness (QED) is 0.499. The molecule has 0 amide bonds. The first-order chi connectivity index (χ1) is 13.4. The maximum absolute atomic E-state index is 6.02. The number of hydrogen-bond acceptors (Lipinski definition) is 4. The van der Waals surface area contributed by atoms with Gasteiger partial charge in [-0.2, -0.15) is 0 Å². The molecule has 4 heteroatoms. The second-order valence-electron chi connectivity index (χ2n) is 6.08. The molecule has 0 aliphatic rings. The summed E-state index contributed by atoms with van der Waals surface area (Å²) in [5.74, 6) is 0.601. The van der Waals surface area contributed by atoms with Crippen molar-refractivity contribution in [3.05, 3.63) is 103 Å². The van der Waals surface area contributed by atoms with Gasteiger partial charge in [-0.3, -0.25) is 4.98 Å². The van der Waals surface area contributed by atoms with Crippen LogP contribution in [-0.4, -0.2) is 9.97 Å². The van der Waals surface area contributed by atoms with Gasteiger partial charge in [0.15, 0.2) is 0 Å². The van der Waals surface area contributed by atoms with Gasteiger partial charge >= 0.3 is 0 Å². The van der Waals surface area contributed by atoms with Crippen molar-refractivity contribution in [2.45, 2.75) is 6.61 Å². The summed E-state index contributed by atoms with van der Waals surface area (Å²) in [7, 11) is 0. The molecule has 0 aliphatic carbocycles. The maximum atomic E-state index is 6.02. The Morgan fingerprint density at radius 2 is 1.48 bits per heavy atom. The lowest BCUT2D eigenvalue weighted by Crippen LogP contribution is -2.00. The third kappa shape index (κ3) is 4.30. The summed E-state index contributed by atoms with van der Waals surface area (Å²) in [4.78, 5) is 8.67. The minimum Gasteiger partial charge on any atom is -0.472 e. The SMILES string of the molecule is c1ccc(COc2ncc(Nc3ccccc3)cc2-c2ccncc2)cc1. The molecule has 4 aromatic rings. The van der Waals surface area contributed by atoms with Crippen molar-refractivity contribution in [3.8, 4) is 17.0 Å². The Hall–Kier alpha value is -3.66. The fraction of sp³-hybridized carbons (Fsp3) is 0.0435.